The summed E-state index contributed by atoms with van der Waals surface area (Å²) in [6, 6.07) is 0. The summed E-state index contributed by atoms with van der Waals surface area (Å²) in [6.45, 7) is 3.21. The Balaban J connectivity index is 3.13. The smallest absolute Gasteiger partial charge is 0.129 e. The quantitative estimate of drug-likeness (QED) is 0.497. The minimum absolute atomic E-state index is 0.0995. The molecule has 0 saturated carbocycles. The van der Waals surface area contributed by atoms with Crippen molar-refractivity contribution >= 4 is 5.78 Å². The summed E-state index contributed by atoms with van der Waals surface area (Å²) in [5, 5.41) is 0. The van der Waals surface area contributed by atoms with Crippen LogP contribution in [0.2, 0.25) is 0 Å². The lowest BCUT2D eigenvalue weighted by atomic mass is 10.3. The third-order valence-electron chi connectivity index (χ3n) is 0.492. The Bertz CT molecular complexity index is 68.5. The lowest BCUT2D eigenvalue weighted by Gasteiger charge is -1.80. The van der Waals surface area contributed by atoms with Gasteiger partial charge in [-0.25, -0.2) is 0 Å². The van der Waals surface area contributed by atoms with E-state index < -0.39 is 0 Å². The fourth-order valence-electron chi connectivity index (χ4n) is 0.287. The predicted molar refractivity (Wildman–Crippen MR) is 25.6 cm³/mol. The van der Waals surface area contributed by atoms with E-state index >= 15 is 0 Å². The van der Waals surface area contributed by atoms with Gasteiger partial charge in [-0.2, -0.15) is 0 Å². The van der Waals surface area contributed by atoms with E-state index in [1.807, 2.05) is 0 Å². The second kappa shape index (κ2) is 2.88. The zero-order valence-corrected chi connectivity index (χ0v) is 4.19. The average molecular weight is 87.1 g/mol. The molecule has 0 amide bonds. The molecule has 0 fully saturated rings. The standard InChI is InChI=1S/C5H10O/c1-3-4-5(2)6/h3-4H2,1-2H3/i3D/t3-/m0/s1. The van der Waals surface area contributed by atoms with Crippen LogP contribution in [0.15, 0.2) is 0 Å². The van der Waals surface area contributed by atoms with Crippen LogP contribution in [0.5, 0.6) is 0 Å². The van der Waals surface area contributed by atoms with Crippen LogP contribution in [0.1, 0.15) is 28.0 Å². The fourth-order valence-corrected chi connectivity index (χ4v) is 0.287. The van der Waals surface area contributed by atoms with Gasteiger partial charge in [-0.3, -0.25) is 0 Å². The Morgan fingerprint density at radius 3 is 2.50 bits per heavy atom. The number of Topliss-reactive ketones (excluding diaryl/α,β-unsaturated/α-hetero) is 1. The second-order valence-corrected chi connectivity index (χ2v) is 1.31. The monoisotopic (exact) mass is 87.1 g/mol. The molecule has 0 aromatic heterocycles. The Labute approximate surface area is 39.8 Å². The molecule has 0 spiro atoms. The third-order valence-corrected chi connectivity index (χ3v) is 0.492. The highest BCUT2D eigenvalue weighted by molar-refractivity contribution is 5.75. The van der Waals surface area contributed by atoms with E-state index in [-0.39, 0.29) is 12.2 Å². The van der Waals surface area contributed by atoms with Crippen molar-refractivity contribution in [2.45, 2.75) is 26.7 Å². The van der Waals surface area contributed by atoms with E-state index in [1.54, 1.807) is 6.92 Å². The highest BCUT2D eigenvalue weighted by atomic mass is 16.1. The first kappa shape index (κ1) is 3.85. The van der Waals surface area contributed by atoms with Crippen LogP contribution < -0.4 is 0 Å². The summed E-state index contributed by atoms with van der Waals surface area (Å²) in [6.07, 6.45) is 0.164. The molecule has 1 nitrogen and oxygen atoms in total. The molecule has 6 heavy (non-hydrogen) atoms. The molecule has 0 rings (SSSR count). The highest BCUT2D eigenvalue weighted by Crippen LogP contribution is 1.84. The Morgan fingerprint density at radius 2 is 2.50 bits per heavy atom. The molecule has 1 atom stereocenters. The molecular weight excluding hydrogens is 76.1 g/mol. The van der Waals surface area contributed by atoms with Gasteiger partial charge in [0.05, 0.1) is 0 Å². The number of hydrogen-bond acceptors (Lipinski definition) is 1. The van der Waals surface area contributed by atoms with Crippen LogP contribution in [0.4, 0.5) is 0 Å². The minimum atomic E-state index is -0.225. The van der Waals surface area contributed by atoms with Gasteiger partial charge >= 0.3 is 0 Å². The van der Waals surface area contributed by atoms with Gasteiger partial charge in [0.25, 0.3) is 0 Å². The Morgan fingerprint density at radius 1 is 2.00 bits per heavy atom. The molecule has 36 valence electrons. The lowest BCUT2D eigenvalue weighted by Crippen LogP contribution is -1.84. The fraction of sp³-hybridized carbons (Fsp3) is 0.800. The summed E-state index contributed by atoms with van der Waals surface area (Å²) < 4.78 is 6.89. The van der Waals surface area contributed by atoms with Crippen molar-refractivity contribution < 1.29 is 6.17 Å². The van der Waals surface area contributed by atoms with Crippen LogP contribution in [0, 0.1) is 0 Å². The van der Waals surface area contributed by atoms with Crippen molar-refractivity contribution in [3.8, 4) is 0 Å². The summed E-state index contributed by atoms with van der Waals surface area (Å²) in [5.74, 6) is 0.0995. The maximum Gasteiger partial charge on any atom is 0.129 e. The number of carbonyl (C=O) groups is 1. The number of ketones is 1. The summed E-state index contributed by atoms with van der Waals surface area (Å²) >= 11 is 0. The number of carbonyl (C=O) groups excluding carboxylic acids is 1. The van der Waals surface area contributed by atoms with Crippen LogP contribution in [0.25, 0.3) is 0 Å². The summed E-state index contributed by atoms with van der Waals surface area (Å²) in [7, 11) is 0. The van der Waals surface area contributed by atoms with E-state index in [2.05, 4.69) is 0 Å². The molecule has 0 aliphatic rings. The lowest BCUT2D eigenvalue weighted by molar-refractivity contribution is -0.117. The van der Waals surface area contributed by atoms with E-state index in [4.69, 9.17) is 1.37 Å². The molecule has 0 saturated heterocycles. The molecule has 0 aromatic carbocycles. The maximum absolute atomic E-state index is 10.1. The second-order valence-electron chi connectivity index (χ2n) is 1.31. The molecule has 0 radical (unpaired) electrons. The third kappa shape index (κ3) is 3.67. The van der Waals surface area contributed by atoms with E-state index in [9.17, 15) is 4.79 Å². The Hall–Kier alpha value is -0.330. The van der Waals surface area contributed by atoms with Gasteiger partial charge in [0, 0.05) is 7.79 Å². The van der Waals surface area contributed by atoms with Crippen molar-refractivity contribution in [2.75, 3.05) is 0 Å². The van der Waals surface area contributed by atoms with Gasteiger partial charge in [0.15, 0.2) is 0 Å². The van der Waals surface area contributed by atoms with Gasteiger partial charge in [-0.1, -0.05) is 6.92 Å². The normalized spacial score (nSPS) is 16.0. The van der Waals surface area contributed by atoms with E-state index in [0.717, 1.165) is 0 Å². The van der Waals surface area contributed by atoms with Crippen molar-refractivity contribution in [3.63, 3.8) is 0 Å². The van der Waals surface area contributed by atoms with Crippen molar-refractivity contribution in [1.82, 2.24) is 0 Å². The van der Waals surface area contributed by atoms with Crippen molar-refractivity contribution in [3.05, 3.63) is 0 Å². The van der Waals surface area contributed by atoms with Gasteiger partial charge in [-0.05, 0) is 13.3 Å². The van der Waals surface area contributed by atoms with Gasteiger partial charge in [0.1, 0.15) is 5.78 Å². The molecule has 0 aliphatic carbocycles. The van der Waals surface area contributed by atoms with Crippen LogP contribution >= 0.6 is 0 Å². The molecule has 0 aliphatic heterocycles. The zero-order chi connectivity index (χ0) is 5.86. The maximum atomic E-state index is 10.1. The summed E-state index contributed by atoms with van der Waals surface area (Å²) in [4.78, 5) is 10.1. The van der Waals surface area contributed by atoms with Gasteiger partial charge in [-0.15, -0.1) is 0 Å². The van der Waals surface area contributed by atoms with Crippen LogP contribution in [0.3, 0.4) is 0 Å². The molecule has 0 unspecified atom stereocenters. The molecule has 0 N–H and O–H groups in total. The molecular formula is C5H10O. The molecule has 0 bridgehead atoms. The average Bonchev–Trinajstić information content (AvgIpc) is 1.27. The minimum Gasteiger partial charge on any atom is -0.300 e. The Kier molecular flexibility index (Phi) is 1.85. The van der Waals surface area contributed by atoms with E-state index in [1.165, 1.54) is 6.92 Å². The zero-order valence-electron chi connectivity index (χ0n) is 5.19. The topological polar surface area (TPSA) is 17.1 Å². The number of hydrogen-bond donors (Lipinski definition) is 0. The van der Waals surface area contributed by atoms with E-state index in [0.29, 0.717) is 6.42 Å². The molecule has 1 heteroatoms. The van der Waals surface area contributed by atoms with Crippen molar-refractivity contribution in [2.24, 2.45) is 0 Å². The highest BCUT2D eigenvalue weighted by Gasteiger charge is 1.83. The first-order chi connectivity index (χ1) is 3.13. The molecule has 0 aromatic rings. The largest absolute Gasteiger partial charge is 0.300 e. The van der Waals surface area contributed by atoms with Crippen LogP contribution in [-0.4, -0.2) is 5.78 Å². The molecule has 0 heterocycles. The van der Waals surface area contributed by atoms with Crippen LogP contribution in [-0.2, 0) is 4.79 Å². The predicted octanol–water partition coefficient (Wildman–Crippen LogP) is 1.38. The van der Waals surface area contributed by atoms with Crippen molar-refractivity contribution in [1.29, 1.82) is 0 Å². The first-order valence-electron chi connectivity index (χ1n) is 2.62. The first-order valence-corrected chi connectivity index (χ1v) is 2.04. The number of rotatable bonds is 2. The van der Waals surface area contributed by atoms with Gasteiger partial charge < -0.3 is 4.79 Å². The van der Waals surface area contributed by atoms with Gasteiger partial charge in [0.2, 0.25) is 0 Å². The summed E-state index contributed by atoms with van der Waals surface area (Å²) in [5.41, 5.74) is 0. The SMILES string of the molecule is [2H][C@@H](C)CC(C)=O.